The van der Waals surface area contributed by atoms with Crippen molar-refractivity contribution in [3.8, 4) is 0 Å². The summed E-state index contributed by atoms with van der Waals surface area (Å²) in [7, 11) is -4.01. The standard InChI is InChI=1S/C15H17N3O7S/c1-9-2-4-10(5-3-9)26(22,23)24-8-12-11(19)6-14(25-12)18-15(21)17-13(20)7-16-18/h2-5,7,11-12,14,19H,6,8H2,1H3,(H,17,20,21)/t11-,12+,14-/m0/s1. The predicted molar refractivity (Wildman–Crippen MR) is 88.0 cm³/mol. The van der Waals surface area contributed by atoms with Crippen molar-refractivity contribution in [3.05, 3.63) is 56.9 Å². The molecule has 2 aromatic rings. The van der Waals surface area contributed by atoms with Crippen molar-refractivity contribution in [1.82, 2.24) is 14.8 Å². The van der Waals surface area contributed by atoms with Gasteiger partial charge in [-0.15, -0.1) is 0 Å². The number of H-pyrrole nitrogens is 1. The summed E-state index contributed by atoms with van der Waals surface area (Å²) >= 11 is 0. The van der Waals surface area contributed by atoms with Crippen molar-refractivity contribution in [1.29, 1.82) is 0 Å². The van der Waals surface area contributed by atoms with Crippen molar-refractivity contribution in [2.45, 2.75) is 36.7 Å². The number of aromatic amines is 1. The summed E-state index contributed by atoms with van der Waals surface area (Å²) in [5.74, 6) is 0. The number of hydrogen-bond acceptors (Lipinski definition) is 8. The maximum Gasteiger partial charge on any atom is 0.347 e. The molecule has 1 aromatic carbocycles. The molecule has 2 N–H and O–H groups in total. The van der Waals surface area contributed by atoms with Crippen molar-refractivity contribution in [3.63, 3.8) is 0 Å². The van der Waals surface area contributed by atoms with E-state index in [0.29, 0.717) is 0 Å². The minimum atomic E-state index is -4.01. The topological polar surface area (TPSA) is 141 Å². The van der Waals surface area contributed by atoms with Crippen LogP contribution in [0.25, 0.3) is 0 Å². The van der Waals surface area contributed by atoms with E-state index in [4.69, 9.17) is 8.92 Å². The minimum absolute atomic E-state index is 0.00242. The van der Waals surface area contributed by atoms with Crippen molar-refractivity contribution < 1.29 is 22.4 Å². The molecule has 0 saturated carbocycles. The van der Waals surface area contributed by atoms with E-state index in [0.717, 1.165) is 16.4 Å². The third-order valence-corrected chi connectivity index (χ3v) is 5.21. The highest BCUT2D eigenvalue weighted by atomic mass is 32.2. The largest absolute Gasteiger partial charge is 0.390 e. The molecule has 1 aromatic heterocycles. The van der Waals surface area contributed by atoms with Crippen LogP contribution in [0.1, 0.15) is 18.2 Å². The highest BCUT2D eigenvalue weighted by Gasteiger charge is 2.37. The van der Waals surface area contributed by atoms with Crippen LogP contribution in [-0.2, 0) is 19.0 Å². The number of ether oxygens (including phenoxy) is 1. The average Bonchev–Trinajstić information content (AvgIpc) is 2.94. The second-order valence-electron chi connectivity index (χ2n) is 5.87. The van der Waals surface area contributed by atoms with E-state index in [1.54, 1.807) is 12.1 Å². The normalized spacial score (nSPS) is 23.2. The lowest BCUT2D eigenvalue weighted by Crippen LogP contribution is -2.34. The molecule has 1 saturated heterocycles. The molecule has 1 aliphatic heterocycles. The van der Waals surface area contributed by atoms with Gasteiger partial charge in [0, 0.05) is 6.42 Å². The van der Waals surface area contributed by atoms with Gasteiger partial charge in [-0.25, -0.2) is 4.79 Å². The monoisotopic (exact) mass is 383 g/mol. The molecule has 1 fully saturated rings. The summed E-state index contributed by atoms with van der Waals surface area (Å²) < 4.78 is 35.7. The number of rotatable bonds is 5. The van der Waals surface area contributed by atoms with Gasteiger partial charge < -0.3 is 9.84 Å². The zero-order valence-electron chi connectivity index (χ0n) is 13.7. The molecule has 1 aliphatic rings. The molecule has 11 heteroatoms. The summed E-state index contributed by atoms with van der Waals surface area (Å²) in [5, 5.41) is 13.7. The fraction of sp³-hybridized carbons (Fsp3) is 0.400. The van der Waals surface area contributed by atoms with Crippen LogP contribution in [0.5, 0.6) is 0 Å². The Labute approximate surface area is 148 Å². The van der Waals surface area contributed by atoms with E-state index < -0.39 is 46.4 Å². The van der Waals surface area contributed by atoms with Crippen LogP contribution >= 0.6 is 0 Å². The Bertz CT molecular complexity index is 997. The minimum Gasteiger partial charge on any atom is -0.390 e. The first-order chi connectivity index (χ1) is 12.3. The maximum atomic E-state index is 12.2. The zero-order valence-corrected chi connectivity index (χ0v) is 14.5. The molecule has 2 heterocycles. The summed E-state index contributed by atoms with van der Waals surface area (Å²) in [6.45, 7) is 1.40. The van der Waals surface area contributed by atoms with E-state index in [-0.39, 0.29) is 11.3 Å². The third-order valence-electron chi connectivity index (χ3n) is 3.91. The first-order valence-corrected chi connectivity index (χ1v) is 9.15. The Balaban J connectivity index is 1.68. The molecule has 3 atom stereocenters. The maximum absolute atomic E-state index is 12.2. The fourth-order valence-corrected chi connectivity index (χ4v) is 3.43. The van der Waals surface area contributed by atoms with Gasteiger partial charge in [-0.3, -0.25) is 14.0 Å². The van der Waals surface area contributed by atoms with Crippen molar-refractivity contribution in [2.75, 3.05) is 6.61 Å². The molecular weight excluding hydrogens is 366 g/mol. The first-order valence-electron chi connectivity index (χ1n) is 7.74. The molecule has 0 bridgehead atoms. The average molecular weight is 383 g/mol. The van der Waals surface area contributed by atoms with Crippen LogP contribution in [-0.4, -0.2) is 47.1 Å². The lowest BCUT2D eigenvalue weighted by molar-refractivity contribution is -0.0450. The highest BCUT2D eigenvalue weighted by Crippen LogP contribution is 2.28. The van der Waals surface area contributed by atoms with Gasteiger partial charge in [0.05, 0.1) is 17.6 Å². The van der Waals surface area contributed by atoms with E-state index in [2.05, 4.69) is 5.10 Å². The van der Waals surface area contributed by atoms with Crippen LogP contribution in [0.2, 0.25) is 0 Å². The number of aliphatic hydroxyl groups excluding tert-OH is 1. The predicted octanol–water partition coefficient (Wildman–Crippen LogP) is -0.706. The molecular formula is C15H17N3O7S. The summed E-state index contributed by atoms with van der Waals surface area (Å²) in [5.41, 5.74) is -0.544. The van der Waals surface area contributed by atoms with Gasteiger partial charge in [-0.05, 0) is 19.1 Å². The Morgan fingerprint density at radius 1 is 1.35 bits per heavy atom. The van der Waals surface area contributed by atoms with Crippen LogP contribution in [0, 0.1) is 6.92 Å². The highest BCUT2D eigenvalue weighted by molar-refractivity contribution is 7.86. The van der Waals surface area contributed by atoms with E-state index in [9.17, 15) is 23.1 Å². The molecule has 140 valence electrons. The Morgan fingerprint density at radius 2 is 2.04 bits per heavy atom. The van der Waals surface area contributed by atoms with Crippen LogP contribution in [0.3, 0.4) is 0 Å². The van der Waals surface area contributed by atoms with E-state index in [1.165, 1.54) is 12.1 Å². The molecule has 0 spiro atoms. The van der Waals surface area contributed by atoms with Gasteiger partial charge in [-0.2, -0.15) is 18.2 Å². The smallest absolute Gasteiger partial charge is 0.347 e. The van der Waals surface area contributed by atoms with E-state index in [1.807, 2.05) is 11.9 Å². The Morgan fingerprint density at radius 3 is 2.69 bits per heavy atom. The zero-order chi connectivity index (χ0) is 18.9. The number of nitrogens with one attached hydrogen (secondary N) is 1. The van der Waals surface area contributed by atoms with Gasteiger partial charge >= 0.3 is 5.69 Å². The number of hydrogen-bond donors (Lipinski definition) is 2. The van der Waals surface area contributed by atoms with Gasteiger partial charge in [0.25, 0.3) is 15.7 Å². The Hall–Kier alpha value is -2.34. The molecule has 0 radical (unpaired) electrons. The van der Waals surface area contributed by atoms with Gasteiger partial charge in [0.1, 0.15) is 12.3 Å². The summed E-state index contributed by atoms with van der Waals surface area (Å²) in [4.78, 5) is 24.8. The van der Waals surface area contributed by atoms with Gasteiger partial charge in [-0.1, -0.05) is 17.7 Å². The second-order valence-corrected chi connectivity index (χ2v) is 7.48. The molecule has 0 unspecified atom stereocenters. The number of aryl methyl sites for hydroxylation is 1. The summed E-state index contributed by atoms with van der Waals surface area (Å²) in [6.07, 6.45) is -2.07. The van der Waals surface area contributed by atoms with Crippen molar-refractivity contribution >= 4 is 10.1 Å². The van der Waals surface area contributed by atoms with Gasteiger partial charge in [0.15, 0.2) is 6.23 Å². The number of benzene rings is 1. The van der Waals surface area contributed by atoms with Crippen molar-refractivity contribution in [2.24, 2.45) is 0 Å². The fourth-order valence-electron chi connectivity index (χ4n) is 2.51. The summed E-state index contributed by atoms with van der Waals surface area (Å²) in [6, 6.07) is 6.12. The first kappa shape index (κ1) is 18.5. The van der Waals surface area contributed by atoms with Crippen LogP contribution in [0.4, 0.5) is 0 Å². The molecule has 10 nitrogen and oxygen atoms in total. The second kappa shape index (κ2) is 7.11. The quantitative estimate of drug-likeness (QED) is 0.646. The van der Waals surface area contributed by atoms with Gasteiger partial charge in [0.2, 0.25) is 0 Å². The number of aromatic nitrogens is 3. The molecule has 3 rings (SSSR count). The van der Waals surface area contributed by atoms with E-state index >= 15 is 0 Å². The number of nitrogens with zero attached hydrogens (tertiary/aromatic N) is 2. The van der Waals surface area contributed by atoms with Crippen LogP contribution in [0.15, 0.2) is 44.9 Å². The molecule has 0 aliphatic carbocycles. The number of aliphatic hydroxyl groups is 1. The third kappa shape index (κ3) is 3.90. The molecule has 0 amide bonds. The van der Waals surface area contributed by atoms with Crippen LogP contribution < -0.4 is 11.2 Å². The Kier molecular flexibility index (Phi) is 5.05. The molecule has 26 heavy (non-hydrogen) atoms. The lowest BCUT2D eigenvalue weighted by Gasteiger charge is -2.15. The lowest BCUT2D eigenvalue weighted by atomic mass is 10.2. The SMILES string of the molecule is Cc1ccc(S(=O)(=O)OC[C@H]2O[C@H](n3ncc(=O)[nH]c3=O)C[C@@H]2O)cc1.